The Balaban J connectivity index is 1.87. The second-order valence-electron chi connectivity index (χ2n) is 5.00. The van der Waals surface area contributed by atoms with E-state index in [2.05, 4.69) is 10.0 Å². The molecule has 25 heavy (non-hydrogen) atoms. The Bertz CT molecular complexity index is 857. The minimum atomic E-state index is -3.72. The van der Waals surface area contributed by atoms with Gasteiger partial charge in [-0.3, -0.25) is 4.79 Å². The van der Waals surface area contributed by atoms with E-state index in [9.17, 15) is 17.6 Å². The molecule has 2 N–H and O–H groups in total. The molecule has 0 radical (unpaired) electrons. The van der Waals surface area contributed by atoms with Crippen LogP contribution >= 0.6 is 11.6 Å². The lowest BCUT2D eigenvalue weighted by Gasteiger charge is -2.08. The second-order valence-corrected chi connectivity index (χ2v) is 7.17. The zero-order chi connectivity index (χ0) is 18.4. The Morgan fingerprint density at radius 1 is 1.20 bits per heavy atom. The molecule has 9 heteroatoms. The summed E-state index contributed by atoms with van der Waals surface area (Å²) in [5, 5.41) is 2.40. The molecule has 0 aliphatic carbocycles. The van der Waals surface area contributed by atoms with Crippen molar-refractivity contribution in [2.45, 2.75) is 11.3 Å². The van der Waals surface area contributed by atoms with Gasteiger partial charge < -0.3 is 10.1 Å². The van der Waals surface area contributed by atoms with Crippen molar-refractivity contribution in [3.8, 4) is 5.75 Å². The first-order chi connectivity index (χ1) is 11.8. The van der Waals surface area contributed by atoms with Gasteiger partial charge in [0.25, 0.3) is 0 Å². The highest BCUT2D eigenvalue weighted by Gasteiger charge is 2.14. The van der Waals surface area contributed by atoms with E-state index in [1.165, 1.54) is 43.5 Å². The molecule has 0 spiro atoms. The number of rotatable bonds is 7. The van der Waals surface area contributed by atoms with Gasteiger partial charge in [-0.15, -0.1) is 0 Å². The van der Waals surface area contributed by atoms with Crippen LogP contribution in [0.2, 0.25) is 5.02 Å². The smallest absolute Gasteiger partial charge is 0.240 e. The summed E-state index contributed by atoms with van der Waals surface area (Å²) in [6.45, 7) is -0.0882. The minimum Gasteiger partial charge on any atom is -0.497 e. The summed E-state index contributed by atoms with van der Waals surface area (Å²) in [6, 6.07) is 9.63. The number of benzene rings is 2. The van der Waals surface area contributed by atoms with Crippen LogP contribution in [-0.4, -0.2) is 28.0 Å². The highest BCUT2D eigenvalue weighted by Crippen LogP contribution is 2.19. The van der Waals surface area contributed by atoms with E-state index < -0.39 is 21.7 Å². The summed E-state index contributed by atoms with van der Waals surface area (Å²) in [5.74, 6) is -0.483. The van der Waals surface area contributed by atoms with E-state index in [4.69, 9.17) is 16.3 Å². The summed E-state index contributed by atoms with van der Waals surface area (Å²) >= 11 is 5.62. The van der Waals surface area contributed by atoms with E-state index in [1.807, 2.05) is 0 Å². The van der Waals surface area contributed by atoms with Crippen molar-refractivity contribution in [3.63, 3.8) is 0 Å². The van der Waals surface area contributed by atoms with Crippen molar-refractivity contribution < 1.29 is 22.3 Å². The molecular formula is C16H16ClFN2O4S. The van der Waals surface area contributed by atoms with Gasteiger partial charge in [-0.2, -0.15) is 0 Å². The number of anilines is 1. The Hall–Kier alpha value is -2.16. The van der Waals surface area contributed by atoms with Crippen LogP contribution in [0.15, 0.2) is 47.4 Å². The van der Waals surface area contributed by atoms with Crippen molar-refractivity contribution in [2.75, 3.05) is 19.0 Å². The van der Waals surface area contributed by atoms with Gasteiger partial charge in [0.2, 0.25) is 15.9 Å². The van der Waals surface area contributed by atoms with Gasteiger partial charge in [0.05, 0.1) is 17.0 Å². The van der Waals surface area contributed by atoms with Crippen LogP contribution < -0.4 is 14.8 Å². The number of hydrogen-bond donors (Lipinski definition) is 2. The Morgan fingerprint density at radius 2 is 1.88 bits per heavy atom. The maximum atomic E-state index is 13.0. The molecular weight excluding hydrogens is 371 g/mol. The lowest BCUT2D eigenvalue weighted by atomic mass is 10.3. The standard InChI is InChI=1S/C16H16ClFN2O4S/c1-24-12-3-5-13(6-4-12)25(22,23)19-9-8-16(21)20-11-2-7-15(18)14(17)10-11/h2-7,10,19H,8-9H2,1H3,(H,20,21). The zero-order valence-electron chi connectivity index (χ0n) is 13.3. The number of ether oxygens (including phenoxy) is 1. The third-order valence-electron chi connectivity index (χ3n) is 3.22. The van der Waals surface area contributed by atoms with E-state index >= 15 is 0 Å². The molecule has 2 aromatic rings. The first-order valence-electron chi connectivity index (χ1n) is 7.20. The second kappa shape index (κ2) is 8.28. The van der Waals surface area contributed by atoms with Crippen LogP contribution in [0.4, 0.5) is 10.1 Å². The Labute approximate surface area is 150 Å². The van der Waals surface area contributed by atoms with Crippen molar-refractivity contribution in [1.29, 1.82) is 0 Å². The monoisotopic (exact) mass is 386 g/mol. The lowest BCUT2D eigenvalue weighted by molar-refractivity contribution is -0.116. The number of halogens is 2. The molecule has 134 valence electrons. The summed E-state index contributed by atoms with van der Waals surface area (Å²) in [5.41, 5.74) is 0.328. The van der Waals surface area contributed by atoms with E-state index in [1.54, 1.807) is 0 Å². The third kappa shape index (κ3) is 5.42. The predicted molar refractivity (Wildman–Crippen MR) is 92.8 cm³/mol. The van der Waals surface area contributed by atoms with Gasteiger partial charge in [0.1, 0.15) is 11.6 Å². The molecule has 0 aliphatic rings. The van der Waals surface area contributed by atoms with Crippen LogP contribution in [0, 0.1) is 5.82 Å². The predicted octanol–water partition coefficient (Wildman–Crippen LogP) is 2.79. The maximum absolute atomic E-state index is 13.0. The molecule has 1 amide bonds. The van der Waals surface area contributed by atoms with Gasteiger partial charge in [-0.25, -0.2) is 17.5 Å². The normalized spacial score (nSPS) is 11.2. The average molecular weight is 387 g/mol. The third-order valence-corrected chi connectivity index (χ3v) is 4.98. The minimum absolute atomic E-state index is 0.0685. The van der Waals surface area contributed by atoms with Gasteiger partial charge >= 0.3 is 0 Å². The molecule has 2 aromatic carbocycles. The summed E-state index contributed by atoms with van der Waals surface area (Å²) in [7, 11) is -2.24. The topological polar surface area (TPSA) is 84.5 Å². The number of sulfonamides is 1. The molecule has 2 rings (SSSR count). The Morgan fingerprint density at radius 3 is 2.48 bits per heavy atom. The van der Waals surface area contributed by atoms with Gasteiger partial charge in [-0.05, 0) is 42.5 Å². The molecule has 6 nitrogen and oxygen atoms in total. The number of amides is 1. The van der Waals surface area contributed by atoms with Crippen molar-refractivity contribution in [1.82, 2.24) is 4.72 Å². The van der Waals surface area contributed by atoms with Crippen LogP contribution in [0.3, 0.4) is 0 Å². The number of carbonyl (C=O) groups is 1. The van der Waals surface area contributed by atoms with Gasteiger partial charge in [0.15, 0.2) is 0 Å². The molecule has 0 aromatic heterocycles. The van der Waals surface area contributed by atoms with E-state index in [-0.39, 0.29) is 22.9 Å². The van der Waals surface area contributed by atoms with E-state index in [0.717, 1.165) is 6.07 Å². The number of hydrogen-bond acceptors (Lipinski definition) is 4. The maximum Gasteiger partial charge on any atom is 0.240 e. The highest BCUT2D eigenvalue weighted by molar-refractivity contribution is 7.89. The SMILES string of the molecule is COc1ccc(S(=O)(=O)NCCC(=O)Nc2ccc(F)c(Cl)c2)cc1. The van der Waals surface area contributed by atoms with Crippen molar-refractivity contribution in [2.24, 2.45) is 0 Å². The summed E-state index contributed by atoms with van der Waals surface area (Å²) < 4.78 is 44.6. The first kappa shape index (κ1) is 19.2. The molecule has 0 unspecified atom stereocenters. The first-order valence-corrected chi connectivity index (χ1v) is 9.06. The van der Waals surface area contributed by atoms with Gasteiger partial charge in [-0.1, -0.05) is 11.6 Å². The fourth-order valence-electron chi connectivity index (χ4n) is 1.93. The van der Waals surface area contributed by atoms with Crippen molar-refractivity contribution >= 4 is 33.2 Å². The average Bonchev–Trinajstić information content (AvgIpc) is 2.58. The molecule has 0 bridgehead atoms. The van der Waals surface area contributed by atoms with Gasteiger partial charge in [0, 0.05) is 18.7 Å². The number of carbonyl (C=O) groups excluding carboxylic acids is 1. The fraction of sp³-hybridized carbons (Fsp3) is 0.188. The fourth-order valence-corrected chi connectivity index (χ4v) is 3.15. The van der Waals surface area contributed by atoms with Crippen LogP contribution in [0.25, 0.3) is 0 Å². The largest absolute Gasteiger partial charge is 0.497 e. The van der Waals surface area contributed by atoms with Crippen LogP contribution in [0.5, 0.6) is 5.75 Å². The Kier molecular flexibility index (Phi) is 6.35. The van der Waals surface area contributed by atoms with E-state index in [0.29, 0.717) is 11.4 Å². The number of nitrogens with one attached hydrogen (secondary N) is 2. The quantitative estimate of drug-likeness (QED) is 0.766. The molecule has 0 saturated carbocycles. The van der Waals surface area contributed by atoms with Crippen LogP contribution in [-0.2, 0) is 14.8 Å². The lowest BCUT2D eigenvalue weighted by Crippen LogP contribution is -2.27. The summed E-state index contributed by atoms with van der Waals surface area (Å²) in [4.78, 5) is 11.9. The molecule has 0 heterocycles. The van der Waals surface area contributed by atoms with Crippen LogP contribution in [0.1, 0.15) is 6.42 Å². The number of methoxy groups -OCH3 is 1. The zero-order valence-corrected chi connectivity index (χ0v) is 14.8. The molecule has 0 saturated heterocycles. The highest BCUT2D eigenvalue weighted by atomic mass is 35.5. The molecule has 0 atom stereocenters. The molecule has 0 aliphatic heterocycles. The molecule has 0 fully saturated rings. The summed E-state index contributed by atoms with van der Waals surface area (Å²) in [6.07, 6.45) is -0.0929. The van der Waals surface area contributed by atoms with Crippen molar-refractivity contribution in [3.05, 3.63) is 53.3 Å².